The topological polar surface area (TPSA) is 64.3 Å². The van der Waals surface area contributed by atoms with Crippen molar-refractivity contribution in [3.8, 4) is 5.75 Å². The zero-order chi connectivity index (χ0) is 15.4. The van der Waals surface area contributed by atoms with Gasteiger partial charge in [0.1, 0.15) is 5.75 Å². The number of amides is 1. The third-order valence-corrected chi connectivity index (χ3v) is 4.55. The molecule has 1 fully saturated rings. The average Bonchev–Trinajstić information content (AvgIpc) is 2.67. The van der Waals surface area contributed by atoms with Crippen LogP contribution in [0, 0.1) is 12.8 Å². The molecule has 0 aromatic heterocycles. The first-order valence-corrected chi connectivity index (χ1v) is 7.81. The van der Waals surface area contributed by atoms with Crippen LogP contribution in [0.4, 0.5) is 5.69 Å². The van der Waals surface area contributed by atoms with E-state index in [1.54, 1.807) is 13.2 Å². The quantitative estimate of drug-likeness (QED) is 0.840. The summed E-state index contributed by atoms with van der Waals surface area (Å²) in [7, 11) is 1.56. The van der Waals surface area contributed by atoms with Gasteiger partial charge in [-0.15, -0.1) is 0 Å². The van der Waals surface area contributed by atoms with Crippen molar-refractivity contribution < 1.29 is 9.53 Å². The third-order valence-electron chi connectivity index (χ3n) is 4.14. The lowest BCUT2D eigenvalue weighted by atomic mass is 9.94. The van der Waals surface area contributed by atoms with Gasteiger partial charge in [-0.1, -0.05) is 30.9 Å². The number of ether oxygens (including phenoxy) is 1. The summed E-state index contributed by atoms with van der Waals surface area (Å²) >= 11 is 6.08. The van der Waals surface area contributed by atoms with Gasteiger partial charge in [0.2, 0.25) is 5.91 Å². The normalized spacial score (nSPS) is 22.5. The molecule has 1 saturated carbocycles. The Hall–Kier alpha value is -1.26. The van der Waals surface area contributed by atoms with E-state index in [4.69, 9.17) is 22.1 Å². The number of aryl methyl sites for hydroxylation is 1. The van der Waals surface area contributed by atoms with Crippen LogP contribution in [-0.2, 0) is 4.79 Å². The van der Waals surface area contributed by atoms with Gasteiger partial charge in [-0.25, -0.2) is 0 Å². The molecule has 0 spiro atoms. The molecule has 2 rings (SSSR count). The second-order valence-electron chi connectivity index (χ2n) is 5.70. The molecular weight excluding hydrogens is 288 g/mol. The Morgan fingerprint density at radius 2 is 2.05 bits per heavy atom. The smallest absolute Gasteiger partial charge is 0.229 e. The highest BCUT2D eigenvalue weighted by atomic mass is 35.5. The monoisotopic (exact) mass is 310 g/mol. The van der Waals surface area contributed by atoms with E-state index in [0.717, 1.165) is 37.7 Å². The van der Waals surface area contributed by atoms with Gasteiger partial charge in [0.15, 0.2) is 0 Å². The predicted molar refractivity (Wildman–Crippen MR) is 85.9 cm³/mol. The van der Waals surface area contributed by atoms with Crippen LogP contribution in [0.15, 0.2) is 12.1 Å². The van der Waals surface area contributed by atoms with Crippen molar-refractivity contribution in [3.63, 3.8) is 0 Å². The van der Waals surface area contributed by atoms with Crippen molar-refractivity contribution in [2.45, 2.75) is 45.1 Å². The van der Waals surface area contributed by atoms with Crippen molar-refractivity contribution >= 4 is 23.2 Å². The van der Waals surface area contributed by atoms with Crippen LogP contribution in [0.5, 0.6) is 5.75 Å². The molecule has 1 aliphatic carbocycles. The first-order chi connectivity index (χ1) is 10.0. The van der Waals surface area contributed by atoms with Gasteiger partial charge in [-0.3, -0.25) is 4.79 Å². The Bertz CT molecular complexity index is 519. The maximum Gasteiger partial charge on any atom is 0.229 e. The molecule has 3 N–H and O–H groups in total. The number of nitrogens with one attached hydrogen (secondary N) is 1. The number of anilines is 1. The number of carbonyl (C=O) groups excluding carboxylic acids is 1. The SMILES string of the molecule is COc1cc(Cl)c(C)cc1NC(=O)C1CCCCCC1N. The van der Waals surface area contributed by atoms with Crippen LogP contribution < -0.4 is 15.8 Å². The van der Waals surface area contributed by atoms with E-state index in [-0.39, 0.29) is 17.9 Å². The van der Waals surface area contributed by atoms with E-state index in [1.165, 1.54) is 0 Å². The Kier molecular flexibility index (Phi) is 5.48. The molecule has 5 heteroatoms. The van der Waals surface area contributed by atoms with Crippen molar-refractivity contribution in [1.29, 1.82) is 0 Å². The van der Waals surface area contributed by atoms with Crippen molar-refractivity contribution in [3.05, 3.63) is 22.7 Å². The van der Waals surface area contributed by atoms with Gasteiger partial charge in [-0.2, -0.15) is 0 Å². The van der Waals surface area contributed by atoms with Crippen LogP contribution in [0.25, 0.3) is 0 Å². The third kappa shape index (κ3) is 3.89. The molecule has 4 nitrogen and oxygen atoms in total. The molecular formula is C16H23ClN2O2. The molecule has 116 valence electrons. The number of benzene rings is 1. The molecule has 0 bridgehead atoms. The van der Waals surface area contributed by atoms with Crippen molar-refractivity contribution in [2.75, 3.05) is 12.4 Å². The molecule has 0 saturated heterocycles. The van der Waals surface area contributed by atoms with E-state index < -0.39 is 0 Å². The zero-order valence-corrected chi connectivity index (χ0v) is 13.4. The number of methoxy groups -OCH3 is 1. The summed E-state index contributed by atoms with van der Waals surface area (Å²) in [4.78, 5) is 12.5. The first kappa shape index (κ1) is 16.1. The summed E-state index contributed by atoms with van der Waals surface area (Å²) in [5, 5.41) is 3.58. The lowest BCUT2D eigenvalue weighted by Gasteiger charge is -2.21. The molecule has 1 aromatic rings. The lowest BCUT2D eigenvalue weighted by Crippen LogP contribution is -2.37. The summed E-state index contributed by atoms with van der Waals surface area (Å²) < 4.78 is 5.29. The fourth-order valence-corrected chi connectivity index (χ4v) is 2.97. The minimum absolute atomic E-state index is 0.0237. The van der Waals surface area contributed by atoms with E-state index in [0.29, 0.717) is 16.5 Å². The number of nitrogens with two attached hydrogens (primary N) is 1. The van der Waals surface area contributed by atoms with Gasteiger partial charge in [0.05, 0.1) is 18.7 Å². The molecule has 1 aromatic carbocycles. The Morgan fingerprint density at radius 3 is 2.76 bits per heavy atom. The zero-order valence-electron chi connectivity index (χ0n) is 12.6. The highest BCUT2D eigenvalue weighted by Gasteiger charge is 2.27. The van der Waals surface area contributed by atoms with Crippen LogP contribution in [0.1, 0.15) is 37.7 Å². The minimum atomic E-state index is -0.131. The van der Waals surface area contributed by atoms with Gasteiger partial charge < -0.3 is 15.8 Å². The molecule has 1 aliphatic rings. The number of hydrogen-bond donors (Lipinski definition) is 2. The van der Waals surface area contributed by atoms with Gasteiger partial charge in [0, 0.05) is 17.1 Å². The Morgan fingerprint density at radius 1 is 1.33 bits per heavy atom. The van der Waals surface area contributed by atoms with E-state index in [2.05, 4.69) is 5.32 Å². The number of hydrogen-bond acceptors (Lipinski definition) is 3. The van der Waals surface area contributed by atoms with Gasteiger partial charge in [0.25, 0.3) is 0 Å². The fourth-order valence-electron chi connectivity index (χ4n) is 2.82. The molecule has 21 heavy (non-hydrogen) atoms. The van der Waals surface area contributed by atoms with E-state index >= 15 is 0 Å². The lowest BCUT2D eigenvalue weighted by molar-refractivity contribution is -0.120. The second-order valence-corrected chi connectivity index (χ2v) is 6.11. The van der Waals surface area contributed by atoms with Crippen LogP contribution in [0.3, 0.4) is 0 Å². The summed E-state index contributed by atoms with van der Waals surface area (Å²) in [5.41, 5.74) is 7.70. The summed E-state index contributed by atoms with van der Waals surface area (Å²) in [6.07, 6.45) is 5.08. The van der Waals surface area contributed by atoms with Gasteiger partial charge in [-0.05, 0) is 31.4 Å². The standard InChI is InChI=1S/C16H23ClN2O2/c1-10-8-14(15(21-2)9-12(10)17)19-16(20)11-6-4-3-5-7-13(11)18/h8-9,11,13H,3-7,18H2,1-2H3,(H,19,20). The van der Waals surface area contributed by atoms with Crippen molar-refractivity contribution in [1.82, 2.24) is 0 Å². The fraction of sp³-hybridized carbons (Fsp3) is 0.562. The molecule has 0 aliphatic heterocycles. The Labute approximate surface area is 131 Å². The number of rotatable bonds is 3. The summed E-state index contributed by atoms with van der Waals surface area (Å²) in [6, 6.07) is 3.49. The largest absolute Gasteiger partial charge is 0.495 e. The average molecular weight is 311 g/mol. The second kappa shape index (κ2) is 7.14. The van der Waals surface area contributed by atoms with E-state index in [1.807, 2.05) is 13.0 Å². The molecule has 2 unspecified atom stereocenters. The Balaban J connectivity index is 2.16. The molecule has 0 heterocycles. The molecule has 2 atom stereocenters. The predicted octanol–water partition coefficient (Wildman–Crippen LogP) is 3.50. The maximum atomic E-state index is 12.5. The van der Waals surface area contributed by atoms with Crippen LogP contribution in [0.2, 0.25) is 5.02 Å². The van der Waals surface area contributed by atoms with Crippen LogP contribution >= 0.6 is 11.6 Å². The highest BCUT2D eigenvalue weighted by Crippen LogP contribution is 2.32. The summed E-state index contributed by atoms with van der Waals surface area (Å²) in [6.45, 7) is 1.90. The minimum Gasteiger partial charge on any atom is -0.495 e. The first-order valence-electron chi connectivity index (χ1n) is 7.43. The van der Waals surface area contributed by atoms with Crippen LogP contribution in [-0.4, -0.2) is 19.1 Å². The molecule has 1 amide bonds. The van der Waals surface area contributed by atoms with Crippen molar-refractivity contribution in [2.24, 2.45) is 11.7 Å². The number of carbonyl (C=O) groups is 1. The van der Waals surface area contributed by atoms with E-state index in [9.17, 15) is 4.79 Å². The van der Waals surface area contributed by atoms with Gasteiger partial charge >= 0.3 is 0 Å². The summed E-state index contributed by atoms with van der Waals surface area (Å²) in [5.74, 6) is 0.416. The molecule has 0 radical (unpaired) electrons. The highest BCUT2D eigenvalue weighted by molar-refractivity contribution is 6.31. The number of halogens is 1. The maximum absolute atomic E-state index is 12.5.